The summed E-state index contributed by atoms with van der Waals surface area (Å²) in [5, 5.41) is 23.3. The number of nitrogens with zero attached hydrogens (tertiary/aromatic N) is 1. The van der Waals surface area contributed by atoms with Crippen LogP contribution in [0, 0.1) is 17.2 Å². The van der Waals surface area contributed by atoms with Crippen LogP contribution in [0.3, 0.4) is 0 Å². The summed E-state index contributed by atoms with van der Waals surface area (Å²) in [4.78, 5) is 11.4. The second-order valence-electron chi connectivity index (χ2n) is 9.50. The number of fused-ring (bicyclic) bond motifs is 1. The predicted octanol–water partition coefficient (Wildman–Crippen LogP) is 4.00. The highest BCUT2D eigenvalue weighted by Crippen LogP contribution is 2.31. The van der Waals surface area contributed by atoms with Gasteiger partial charge in [-0.2, -0.15) is 5.26 Å². The third kappa shape index (κ3) is 8.02. The topological polar surface area (TPSA) is 91.6 Å². The number of halogens is 1. The molecule has 2 aromatic rings. The van der Waals surface area contributed by atoms with Gasteiger partial charge in [0.2, 0.25) is 0 Å². The number of aliphatic hydroxyl groups is 1. The Morgan fingerprint density at radius 3 is 2.53 bits per heavy atom. The number of nitriles is 1. The number of rotatable bonds is 11. The van der Waals surface area contributed by atoms with E-state index in [0.717, 1.165) is 24.8 Å². The Kier molecular flexibility index (Phi) is 10.4. The maximum Gasteiger partial charge on any atom is 0.305 e. The Morgan fingerprint density at radius 2 is 1.91 bits per heavy atom. The van der Waals surface area contributed by atoms with E-state index in [0.29, 0.717) is 30.2 Å². The molecule has 7 heteroatoms. The van der Waals surface area contributed by atoms with E-state index in [4.69, 9.17) is 4.74 Å². The summed E-state index contributed by atoms with van der Waals surface area (Å²) in [6, 6.07) is 16.0. The number of methoxy groups -OCH3 is 1. The lowest BCUT2D eigenvalue weighted by Gasteiger charge is -2.30. The molecule has 0 saturated carbocycles. The van der Waals surface area contributed by atoms with Gasteiger partial charge in [0.05, 0.1) is 12.7 Å². The van der Waals surface area contributed by atoms with Gasteiger partial charge < -0.3 is 19.9 Å². The Balaban J connectivity index is 0.00000408. The van der Waals surface area contributed by atoms with Crippen LogP contribution in [0.4, 0.5) is 0 Å². The number of β-amino-alcohol motifs (C(OH)–C–C–N with tert-alkyl or cyclic N) is 1. The lowest BCUT2D eigenvalue weighted by molar-refractivity contribution is -0.140. The lowest BCUT2D eigenvalue weighted by atomic mass is 9.88. The zero-order valence-electron chi connectivity index (χ0n) is 20.2. The Labute approximate surface area is 208 Å². The third-order valence-corrected chi connectivity index (χ3v) is 6.19. The van der Waals surface area contributed by atoms with E-state index >= 15 is 0 Å². The molecule has 0 spiro atoms. The molecule has 1 unspecified atom stereocenters. The summed E-state index contributed by atoms with van der Waals surface area (Å²) in [5.41, 5.74) is 4.07. The molecule has 0 radical (unpaired) electrons. The number of hydrogen-bond acceptors (Lipinski definition) is 6. The van der Waals surface area contributed by atoms with Crippen LogP contribution in [0.2, 0.25) is 0 Å². The summed E-state index contributed by atoms with van der Waals surface area (Å²) in [7, 11) is 1.36. The molecule has 0 aromatic heterocycles. The van der Waals surface area contributed by atoms with Crippen LogP contribution in [0.25, 0.3) is 0 Å². The van der Waals surface area contributed by atoms with Crippen LogP contribution in [0.15, 0.2) is 42.5 Å². The molecule has 34 heavy (non-hydrogen) atoms. The van der Waals surface area contributed by atoms with E-state index in [1.54, 1.807) is 18.2 Å². The zero-order chi connectivity index (χ0) is 23.8. The van der Waals surface area contributed by atoms with Gasteiger partial charge in [-0.15, -0.1) is 12.4 Å². The minimum atomic E-state index is -0.713. The Hall–Kier alpha value is -2.59. The van der Waals surface area contributed by atoms with Crippen molar-refractivity contribution < 1.29 is 19.4 Å². The van der Waals surface area contributed by atoms with Gasteiger partial charge in [-0.05, 0) is 74.3 Å². The minimum absolute atomic E-state index is 0. The minimum Gasteiger partial charge on any atom is -0.489 e. The summed E-state index contributed by atoms with van der Waals surface area (Å²) in [6.45, 7) is 4.81. The second kappa shape index (κ2) is 12.8. The molecule has 184 valence electrons. The number of carbonyl (C=O) groups is 1. The van der Waals surface area contributed by atoms with Crippen molar-refractivity contribution in [3.05, 3.63) is 64.7 Å². The average Bonchev–Trinajstić information content (AvgIpc) is 3.21. The first-order valence-electron chi connectivity index (χ1n) is 11.5. The maximum atomic E-state index is 11.4. The second-order valence-corrected chi connectivity index (χ2v) is 9.50. The first-order valence-corrected chi connectivity index (χ1v) is 11.5. The monoisotopic (exact) mass is 486 g/mol. The van der Waals surface area contributed by atoms with Crippen molar-refractivity contribution in [3.63, 3.8) is 0 Å². The smallest absolute Gasteiger partial charge is 0.305 e. The van der Waals surface area contributed by atoms with E-state index in [9.17, 15) is 15.2 Å². The van der Waals surface area contributed by atoms with Crippen molar-refractivity contribution >= 4 is 18.4 Å². The number of esters is 1. The summed E-state index contributed by atoms with van der Waals surface area (Å²) in [6.07, 6.45) is 3.28. The van der Waals surface area contributed by atoms with Gasteiger partial charge in [-0.3, -0.25) is 4.79 Å². The van der Waals surface area contributed by atoms with Crippen molar-refractivity contribution in [2.75, 3.05) is 20.3 Å². The van der Waals surface area contributed by atoms with Gasteiger partial charge >= 0.3 is 5.97 Å². The average molecular weight is 487 g/mol. The summed E-state index contributed by atoms with van der Waals surface area (Å²) < 4.78 is 10.5. The third-order valence-electron chi connectivity index (χ3n) is 6.19. The Morgan fingerprint density at radius 1 is 1.24 bits per heavy atom. The van der Waals surface area contributed by atoms with Gasteiger partial charge in [0.15, 0.2) is 0 Å². The molecule has 0 heterocycles. The number of aliphatic hydroxyl groups excluding tert-OH is 1. The highest BCUT2D eigenvalue weighted by Gasteiger charge is 2.28. The summed E-state index contributed by atoms with van der Waals surface area (Å²) >= 11 is 0. The maximum absolute atomic E-state index is 11.4. The van der Waals surface area contributed by atoms with Gasteiger partial charge in [-0.25, -0.2) is 0 Å². The predicted molar refractivity (Wildman–Crippen MR) is 134 cm³/mol. The van der Waals surface area contributed by atoms with Gasteiger partial charge in [0, 0.05) is 18.5 Å². The van der Waals surface area contributed by atoms with Gasteiger partial charge in [0.1, 0.15) is 24.5 Å². The van der Waals surface area contributed by atoms with E-state index in [-0.39, 0.29) is 36.9 Å². The molecule has 0 amide bonds. The molecule has 6 nitrogen and oxygen atoms in total. The normalized spacial score (nSPS) is 14.0. The number of aryl methyl sites for hydroxylation is 1. The fraction of sp³-hybridized carbons (Fsp3) is 0.481. The van der Waals surface area contributed by atoms with Crippen LogP contribution in [0.5, 0.6) is 5.75 Å². The first kappa shape index (κ1) is 27.7. The molecule has 0 aliphatic heterocycles. The molecular formula is C27H35ClN2O4. The quantitative estimate of drug-likeness (QED) is 0.466. The molecule has 1 atom stereocenters. The van der Waals surface area contributed by atoms with Crippen molar-refractivity contribution in [3.8, 4) is 11.8 Å². The molecule has 0 fully saturated rings. The number of benzene rings is 2. The van der Waals surface area contributed by atoms with E-state index in [2.05, 4.69) is 54.2 Å². The molecule has 3 rings (SSSR count). The van der Waals surface area contributed by atoms with Gasteiger partial charge in [-0.1, -0.05) is 30.3 Å². The molecule has 1 aliphatic rings. The molecule has 0 bridgehead atoms. The lowest BCUT2D eigenvalue weighted by Crippen LogP contribution is -2.46. The van der Waals surface area contributed by atoms with E-state index in [1.165, 1.54) is 18.2 Å². The van der Waals surface area contributed by atoms with Gasteiger partial charge in [0.25, 0.3) is 0 Å². The van der Waals surface area contributed by atoms with Crippen molar-refractivity contribution in [1.29, 1.82) is 5.26 Å². The zero-order valence-corrected chi connectivity index (χ0v) is 21.0. The fourth-order valence-corrected chi connectivity index (χ4v) is 4.51. The molecule has 0 saturated heterocycles. The SMILES string of the molecule is COC(=O)CCc1ccc(C#N)c(OCC(O)CNC(C)(C)CC2Cc3ccccc3C2)c1.Cl. The standard InChI is InChI=1S/C27H34N2O4.ClH/c1-27(2,15-20-12-21-6-4-5-7-22(21)13-20)29-17-24(30)18-33-25-14-19(8-10-23(25)16-28)9-11-26(31)32-3;/h4-8,10,14,20,24,29-30H,9,11-13,15,17-18H2,1-3H3;1H. The number of ether oxygens (including phenoxy) is 2. The van der Waals surface area contributed by atoms with Crippen molar-refractivity contribution in [2.45, 2.75) is 57.6 Å². The van der Waals surface area contributed by atoms with Crippen molar-refractivity contribution in [1.82, 2.24) is 5.32 Å². The Bertz CT molecular complexity index is 977. The largest absolute Gasteiger partial charge is 0.489 e. The summed E-state index contributed by atoms with van der Waals surface area (Å²) in [5.74, 6) is 0.735. The molecule has 2 N–H and O–H groups in total. The van der Waals surface area contributed by atoms with Crippen molar-refractivity contribution in [2.24, 2.45) is 5.92 Å². The van der Waals surface area contributed by atoms with E-state index < -0.39 is 6.10 Å². The number of hydrogen-bond donors (Lipinski definition) is 2. The number of carbonyl (C=O) groups excluding carboxylic acids is 1. The van der Waals surface area contributed by atoms with Crippen LogP contribution in [0.1, 0.15) is 48.9 Å². The van der Waals surface area contributed by atoms with Crippen LogP contribution >= 0.6 is 12.4 Å². The van der Waals surface area contributed by atoms with Crippen LogP contribution in [-0.4, -0.2) is 43.0 Å². The highest BCUT2D eigenvalue weighted by molar-refractivity contribution is 5.85. The molecule has 1 aliphatic carbocycles. The first-order chi connectivity index (χ1) is 15.8. The number of nitrogens with one attached hydrogen (secondary N) is 1. The molecular weight excluding hydrogens is 452 g/mol. The van der Waals surface area contributed by atoms with Crippen LogP contribution in [-0.2, 0) is 28.8 Å². The van der Waals surface area contributed by atoms with E-state index in [1.807, 2.05) is 0 Å². The fourth-order valence-electron chi connectivity index (χ4n) is 4.51. The molecule has 2 aromatic carbocycles. The van der Waals surface area contributed by atoms with Crippen LogP contribution < -0.4 is 10.1 Å². The highest BCUT2D eigenvalue weighted by atomic mass is 35.5.